The third-order valence-corrected chi connectivity index (χ3v) is 5.29. The molecule has 4 rings (SSSR count). The fourth-order valence-corrected chi connectivity index (χ4v) is 3.84. The number of thiophene rings is 1. The van der Waals surface area contributed by atoms with Gasteiger partial charge < -0.3 is 5.73 Å². The summed E-state index contributed by atoms with van der Waals surface area (Å²) in [6.07, 6.45) is 0. The number of benzene rings is 2. The van der Waals surface area contributed by atoms with Gasteiger partial charge in [-0.2, -0.15) is 0 Å². The van der Waals surface area contributed by atoms with Gasteiger partial charge >= 0.3 is 0 Å². The van der Waals surface area contributed by atoms with E-state index in [-0.39, 0.29) is 5.56 Å². The summed E-state index contributed by atoms with van der Waals surface area (Å²) in [7, 11) is 0. The minimum Gasteiger partial charge on any atom is -0.397 e. The number of nitrogens with two attached hydrogens (primary N) is 1. The van der Waals surface area contributed by atoms with E-state index in [4.69, 9.17) is 10.7 Å². The fraction of sp³-hybridized carbons (Fsp3) is 0. The molecular weight excluding hydrogens is 433 g/mol. The van der Waals surface area contributed by atoms with Crippen molar-refractivity contribution in [3.63, 3.8) is 0 Å². The standard InChI is InChI=1S/C18H12IN3OS/c19-11-7-8-14-12(10-11)18(23)22(15-5-2-1-4-13(15)20)17(21-14)16-6-3-9-24-16/h1-10H,20H2. The summed E-state index contributed by atoms with van der Waals surface area (Å²) < 4.78 is 2.61. The molecule has 118 valence electrons. The molecule has 2 aromatic carbocycles. The highest BCUT2D eigenvalue weighted by Crippen LogP contribution is 2.28. The average molecular weight is 445 g/mol. The summed E-state index contributed by atoms with van der Waals surface area (Å²) in [5.41, 5.74) is 7.91. The smallest absolute Gasteiger partial charge is 0.266 e. The van der Waals surface area contributed by atoms with Crippen LogP contribution in [-0.4, -0.2) is 9.55 Å². The Balaban J connectivity index is 2.17. The lowest BCUT2D eigenvalue weighted by Gasteiger charge is -2.14. The highest BCUT2D eigenvalue weighted by atomic mass is 127. The zero-order valence-corrected chi connectivity index (χ0v) is 15.4. The molecule has 2 N–H and O–H groups in total. The van der Waals surface area contributed by atoms with E-state index >= 15 is 0 Å². The van der Waals surface area contributed by atoms with Gasteiger partial charge in [0.1, 0.15) is 0 Å². The molecule has 24 heavy (non-hydrogen) atoms. The minimum absolute atomic E-state index is 0.111. The lowest BCUT2D eigenvalue weighted by atomic mass is 10.2. The second-order valence-corrected chi connectivity index (χ2v) is 7.47. The van der Waals surface area contributed by atoms with Gasteiger partial charge in [0.2, 0.25) is 0 Å². The van der Waals surface area contributed by atoms with Crippen LogP contribution in [0.4, 0.5) is 5.69 Å². The molecule has 4 nitrogen and oxygen atoms in total. The number of anilines is 1. The van der Waals surface area contributed by atoms with Crippen LogP contribution in [0.15, 0.2) is 64.8 Å². The number of hydrogen-bond donors (Lipinski definition) is 1. The molecule has 0 aliphatic rings. The molecule has 0 spiro atoms. The van der Waals surface area contributed by atoms with Crippen LogP contribution in [-0.2, 0) is 0 Å². The maximum Gasteiger partial charge on any atom is 0.266 e. The summed E-state index contributed by atoms with van der Waals surface area (Å²) in [6, 6.07) is 17.0. The van der Waals surface area contributed by atoms with E-state index < -0.39 is 0 Å². The number of halogens is 1. The molecule has 0 aliphatic heterocycles. The van der Waals surface area contributed by atoms with E-state index in [2.05, 4.69) is 22.6 Å². The summed E-state index contributed by atoms with van der Waals surface area (Å²) >= 11 is 3.74. The molecule has 0 radical (unpaired) electrons. The number of nitrogens with zero attached hydrogens (tertiary/aromatic N) is 2. The molecular formula is C18H12IN3OS. The van der Waals surface area contributed by atoms with Crippen molar-refractivity contribution in [1.82, 2.24) is 9.55 Å². The van der Waals surface area contributed by atoms with Gasteiger partial charge in [-0.3, -0.25) is 9.36 Å². The van der Waals surface area contributed by atoms with Crippen molar-refractivity contribution < 1.29 is 0 Å². The van der Waals surface area contributed by atoms with Crippen LogP contribution in [0.3, 0.4) is 0 Å². The zero-order chi connectivity index (χ0) is 16.7. The maximum atomic E-state index is 13.2. The molecule has 0 bridgehead atoms. The first-order chi connectivity index (χ1) is 11.6. The van der Waals surface area contributed by atoms with Crippen molar-refractivity contribution in [1.29, 1.82) is 0 Å². The summed E-state index contributed by atoms with van der Waals surface area (Å²) in [6.45, 7) is 0. The predicted octanol–water partition coefficient (Wildman–Crippen LogP) is 4.30. The Morgan fingerprint density at radius 1 is 1.08 bits per heavy atom. The molecule has 2 aromatic heterocycles. The van der Waals surface area contributed by atoms with Gasteiger partial charge in [-0.05, 0) is 64.4 Å². The zero-order valence-electron chi connectivity index (χ0n) is 12.4. The Kier molecular flexibility index (Phi) is 3.85. The Hall–Kier alpha value is -2.19. The lowest BCUT2D eigenvalue weighted by Crippen LogP contribution is -2.22. The largest absolute Gasteiger partial charge is 0.397 e. The molecule has 0 fully saturated rings. The van der Waals surface area contributed by atoms with E-state index in [0.717, 1.165) is 8.45 Å². The average Bonchev–Trinajstić information content (AvgIpc) is 3.11. The molecule has 0 aliphatic carbocycles. The third-order valence-electron chi connectivity index (χ3n) is 3.75. The highest BCUT2D eigenvalue weighted by Gasteiger charge is 2.16. The van der Waals surface area contributed by atoms with E-state index in [1.54, 1.807) is 22.0 Å². The number of nitrogen functional groups attached to an aromatic ring is 1. The van der Waals surface area contributed by atoms with Crippen molar-refractivity contribution >= 4 is 50.5 Å². The summed E-state index contributed by atoms with van der Waals surface area (Å²) in [4.78, 5) is 18.9. The molecule has 0 saturated carbocycles. The van der Waals surface area contributed by atoms with Crippen molar-refractivity contribution in [2.45, 2.75) is 0 Å². The van der Waals surface area contributed by atoms with Gasteiger partial charge in [-0.1, -0.05) is 18.2 Å². The number of hydrogen-bond acceptors (Lipinski definition) is 4. The second-order valence-electron chi connectivity index (χ2n) is 5.27. The molecule has 4 aromatic rings. The van der Waals surface area contributed by atoms with Gasteiger partial charge in [0.15, 0.2) is 5.82 Å². The first kappa shape index (κ1) is 15.3. The normalized spacial score (nSPS) is 11.0. The number of fused-ring (bicyclic) bond motifs is 1. The molecule has 0 saturated heterocycles. The highest BCUT2D eigenvalue weighted by molar-refractivity contribution is 14.1. The monoisotopic (exact) mass is 445 g/mol. The van der Waals surface area contributed by atoms with Crippen LogP contribution >= 0.6 is 33.9 Å². The SMILES string of the molecule is Nc1ccccc1-n1c(-c2cccs2)nc2ccc(I)cc2c1=O. The first-order valence-corrected chi connectivity index (χ1v) is 9.22. The third kappa shape index (κ3) is 2.51. The second kappa shape index (κ2) is 6.03. The van der Waals surface area contributed by atoms with Crippen LogP contribution in [0, 0.1) is 3.57 Å². The van der Waals surface area contributed by atoms with Gasteiger partial charge in [0.05, 0.1) is 27.2 Å². The van der Waals surface area contributed by atoms with Crippen LogP contribution in [0.5, 0.6) is 0 Å². The van der Waals surface area contributed by atoms with Gasteiger partial charge in [0.25, 0.3) is 5.56 Å². The van der Waals surface area contributed by atoms with Gasteiger partial charge in [-0.15, -0.1) is 11.3 Å². The quantitative estimate of drug-likeness (QED) is 0.370. The number of para-hydroxylation sites is 2. The molecule has 2 heterocycles. The Labute approximate surface area is 155 Å². The Morgan fingerprint density at radius 3 is 2.67 bits per heavy atom. The van der Waals surface area contributed by atoms with Gasteiger partial charge in [0, 0.05) is 3.57 Å². The Bertz CT molecular complexity index is 1100. The lowest BCUT2D eigenvalue weighted by molar-refractivity contribution is 0.982. The fourth-order valence-electron chi connectivity index (χ4n) is 2.64. The number of aromatic nitrogens is 2. The van der Waals surface area contributed by atoms with Crippen molar-refractivity contribution in [2.24, 2.45) is 0 Å². The predicted molar refractivity (Wildman–Crippen MR) is 108 cm³/mol. The van der Waals surface area contributed by atoms with Crippen LogP contribution in [0.25, 0.3) is 27.3 Å². The van der Waals surface area contributed by atoms with Gasteiger partial charge in [-0.25, -0.2) is 4.98 Å². The summed E-state index contributed by atoms with van der Waals surface area (Å²) in [5, 5.41) is 2.56. The van der Waals surface area contributed by atoms with E-state index in [1.807, 2.05) is 53.9 Å². The van der Waals surface area contributed by atoms with Crippen molar-refractivity contribution in [3.05, 3.63) is 73.9 Å². The van der Waals surface area contributed by atoms with Crippen LogP contribution in [0.2, 0.25) is 0 Å². The molecule has 0 amide bonds. The van der Waals surface area contributed by atoms with Crippen molar-refractivity contribution in [3.8, 4) is 16.4 Å². The van der Waals surface area contributed by atoms with Crippen LogP contribution < -0.4 is 11.3 Å². The minimum atomic E-state index is -0.111. The number of rotatable bonds is 2. The van der Waals surface area contributed by atoms with E-state index in [9.17, 15) is 4.79 Å². The first-order valence-electron chi connectivity index (χ1n) is 7.26. The Morgan fingerprint density at radius 2 is 1.92 bits per heavy atom. The van der Waals surface area contributed by atoms with E-state index in [1.165, 1.54) is 0 Å². The maximum absolute atomic E-state index is 13.2. The van der Waals surface area contributed by atoms with Crippen molar-refractivity contribution in [2.75, 3.05) is 5.73 Å². The molecule has 0 atom stereocenters. The van der Waals surface area contributed by atoms with Crippen LogP contribution in [0.1, 0.15) is 0 Å². The van der Waals surface area contributed by atoms with E-state index in [0.29, 0.717) is 28.1 Å². The summed E-state index contributed by atoms with van der Waals surface area (Å²) in [5.74, 6) is 0.613. The molecule has 6 heteroatoms. The molecule has 0 unspecified atom stereocenters. The topological polar surface area (TPSA) is 60.9 Å².